The quantitative estimate of drug-likeness (QED) is 0.360. The van der Waals surface area contributed by atoms with E-state index in [-0.39, 0.29) is 11.4 Å². The number of ether oxygens (including phenoxy) is 4. The van der Waals surface area contributed by atoms with Crippen molar-refractivity contribution in [2.45, 2.75) is 13.1 Å². The van der Waals surface area contributed by atoms with Gasteiger partial charge in [0.2, 0.25) is 0 Å². The molecule has 1 aromatic heterocycles. The summed E-state index contributed by atoms with van der Waals surface area (Å²) in [5.41, 5.74) is 7.45. The monoisotopic (exact) mass is 454 g/mol. The van der Waals surface area contributed by atoms with E-state index in [1.807, 2.05) is 29.2 Å². The van der Waals surface area contributed by atoms with E-state index in [1.54, 1.807) is 40.6 Å². The Morgan fingerprint density at radius 2 is 1.39 bits per heavy atom. The van der Waals surface area contributed by atoms with Gasteiger partial charge in [-0.05, 0) is 24.3 Å². The first-order valence-electron chi connectivity index (χ1n) is 9.96. The maximum atomic E-state index is 11.2. The van der Waals surface area contributed by atoms with E-state index < -0.39 is 4.92 Å². The molecule has 0 atom stereocenters. The minimum absolute atomic E-state index is 0.0263. The van der Waals surface area contributed by atoms with Crippen molar-refractivity contribution >= 4 is 17.2 Å². The van der Waals surface area contributed by atoms with Crippen molar-refractivity contribution in [2.24, 2.45) is 0 Å². The molecule has 1 heterocycles. The average Bonchev–Trinajstić information content (AvgIpc) is 2.83. The van der Waals surface area contributed by atoms with E-state index in [1.165, 1.54) is 6.07 Å². The lowest BCUT2D eigenvalue weighted by Crippen LogP contribution is -2.24. The van der Waals surface area contributed by atoms with Gasteiger partial charge in [0.15, 0.2) is 0 Å². The number of methoxy groups -OCH3 is 4. The summed E-state index contributed by atoms with van der Waals surface area (Å²) in [6.45, 7) is 0.763. The number of hydrogen-bond acceptors (Lipinski definition) is 9. The van der Waals surface area contributed by atoms with Crippen LogP contribution < -0.4 is 29.6 Å². The number of aromatic nitrogens is 1. The number of nitrogens with two attached hydrogens (primary N) is 1. The van der Waals surface area contributed by atoms with Crippen LogP contribution in [0.1, 0.15) is 11.1 Å². The normalized spacial score (nSPS) is 10.4. The number of hydrogen-bond donors (Lipinski definition) is 1. The Balaban J connectivity index is 2.04. The van der Waals surface area contributed by atoms with Crippen molar-refractivity contribution in [1.82, 2.24) is 4.98 Å². The lowest BCUT2D eigenvalue weighted by atomic mass is 10.1. The summed E-state index contributed by atoms with van der Waals surface area (Å²) >= 11 is 0. The SMILES string of the molecule is COc1ccc(CN(Cc2ccc(OC)cc2OC)c2cc(N)c([N+](=O)[O-])cn2)c(OC)c1. The largest absolute Gasteiger partial charge is 0.497 e. The molecule has 2 aromatic carbocycles. The fourth-order valence-electron chi connectivity index (χ4n) is 3.37. The van der Waals surface area contributed by atoms with Crippen LogP contribution in [0.4, 0.5) is 17.2 Å². The smallest absolute Gasteiger partial charge is 0.310 e. The molecule has 174 valence electrons. The number of nitrogens with zero attached hydrogens (tertiary/aromatic N) is 3. The lowest BCUT2D eigenvalue weighted by Gasteiger charge is -2.26. The molecule has 2 N–H and O–H groups in total. The molecule has 0 unspecified atom stereocenters. The van der Waals surface area contributed by atoms with Crippen LogP contribution in [-0.2, 0) is 13.1 Å². The Kier molecular flexibility index (Phi) is 7.39. The first kappa shape index (κ1) is 23.5. The molecular weight excluding hydrogens is 428 g/mol. The molecule has 0 aliphatic heterocycles. The third-order valence-corrected chi connectivity index (χ3v) is 5.13. The molecule has 10 nitrogen and oxygen atoms in total. The van der Waals surface area contributed by atoms with Gasteiger partial charge >= 0.3 is 5.69 Å². The van der Waals surface area contributed by atoms with E-state index in [4.69, 9.17) is 24.7 Å². The number of nitro groups is 1. The summed E-state index contributed by atoms with van der Waals surface area (Å²) in [7, 11) is 6.33. The molecule has 0 saturated carbocycles. The minimum atomic E-state index is -0.560. The maximum Gasteiger partial charge on any atom is 0.310 e. The van der Waals surface area contributed by atoms with Crippen LogP contribution in [0, 0.1) is 10.1 Å². The van der Waals surface area contributed by atoms with Gasteiger partial charge in [0.1, 0.15) is 40.7 Å². The van der Waals surface area contributed by atoms with Gasteiger partial charge in [-0.3, -0.25) is 10.1 Å². The molecule has 3 rings (SSSR count). The van der Waals surface area contributed by atoms with Crippen molar-refractivity contribution in [1.29, 1.82) is 0 Å². The van der Waals surface area contributed by atoms with Crippen molar-refractivity contribution in [3.8, 4) is 23.0 Å². The molecule has 0 aliphatic carbocycles. The summed E-state index contributed by atoms with van der Waals surface area (Å²) in [6.07, 6.45) is 1.16. The maximum absolute atomic E-state index is 11.2. The van der Waals surface area contributed by atoms with E-state index in [0.29, 0.717) is 41.9 Å². The highest BCUT2D eigenvalue weighted by Gasteiger charge is 2.19. The summed E-state index contributed by atoms with van der Waals surface area (Å²) in [5.74, 6) is 3.06. The molecule has 3 aromatic rings. The predicted molar refractivity (Wildman–Crippen MR) is 124 cm³/mol. The third-order valence-electron chi connectivity index (χ3n) is 5.13. The highest BCUT2D eigenvalue weighted by molar-refractivity contribution is 5.63. The van der Waals surface area contributed by atoms with Crippen LogP contribution in [0.2, 0.25) is 0 Å². The van der Waals surface area contributed by atoms with Gasteiger partial charge in [0, 0.05) is 42.4 Å². The van der Waals surface area contributed by atoms with Crippen molar-refractivity contribution in [2.75, 3.05) is 39.1 Å². The second kappa shape index (κ2) is 10.4. The van der Waals surface area contributed by atoms with Crippen LogP contribution >= 0.6 is 0 Å². The lowest BCUT2D eigenvalue weighted by molar-refractivity contribution is -0.384. The van der Waals surface area contributed by atoms with Crippen LogP contribution in [0.15, 0.2) is 48.7 Å². The van der Waals surface area contributed by atoms with E-state index >= 15 is 0 Å². The van der Waals surface area contributed by atoms with Gasteiger partial charge in [0.05, 0.1) is 33.4 Å². The van der Waals surface area contributed by atoms with Gasteiger partial charge in [0.25, 0.3) is 0 Å². The molecule has 0 aliphatic rings. The fraction of sp³-hybridized carbons (Fsp3) is 0.261. The van der Waals surface area contributed by atoms with Gasteiger partial charge < -0.3 is 29.6 Å². The number of benzene rings is 2. The number of nitrogen functional groups attached to an aromatic ring is 1. The zero-order valence-electron chi connectivity index (χ0n) is 18.9. The van der Waals surface area contributed by atoms with Gasteiger partial charge in [-0.15, -0.1) is 0 Å². The summed E-state index contributed by atoms with van der Waals surface area (Å²) < 4.78 is 21.7. The Hall–Kier alpha value is -4.21. The van der Waals surface area contributed by atoms with Crippen molar-refractivity contribution in [3.05, 3.63) is 69.9 Å². The molecule has 0 amide bonds. The van der Waals surface area contributed by atoms with Crippen molar-refractivity contribution in [3.63, 3.8) is 0 Å². The first-order chi connectivity index (χ1) is 15.9. The molecule has 0 spiro atoms. The van der Waals surface area contributed by atoms with E-state index in [2.05, 4.69) is 4.98 Å². The number of anilines is 2. The van der Waals surface area contributed by atoms with Gasteiger partial charge in [-0.25, -0.2) is 4.98 Å². The van der Waals surface area contributed by atoms with Crippen LogP contribution in [0.3, 0.4) is 0 Å². The van der Waals surface area contributed by atoms with Crippen LogP contribution in [0.25, 0.3) is 0 Å². The molecule has 0 radical (unpaired) electrons. The predicted octanol–water partition coefficient (Wildman–Crippen LogP) is 3.81. The molecule has 0 saturated heterocycles. The molecular formula is C23H26N4O6. The average molecular weight is 454 g/mol. The Bertz CT molecular complexity index is 1080. The topological polar surface area (TPSA) is 122 Å². The summed E-state index contributed by atoms with van der Waals surface area (Å²) in [4.78, 5) is 16.9. The second-order valence-electron chi connectivity index (χ2n) is 7.07. The van der Waals surface area contributed by atoms with E-state index in [9.17, 15) is 10.1 Å². The fourth-order valence-corrected chi connectivity index (χ4v) is 3.37. The Morgan fingerprint density at radius 1 is 0.879 bits per heavy atom. The summed E-state index contributed by atoms with van der Waals surface area (Å²) in [5, 5.41) is 11.2. The van der Waals surface area contributed by atoms with Crippen molar-refractivity contribution < 1.29 is 23.9 Å². The third kappa shape index (κ3) is 5.35. The minimum Gasteiger partial charge on any atom is -0.497 e. The standard InChI is InChI=1S/C23H26N4O6/c1-30-17-7-5-15(21(9-17)32-3)13-26(23-11-19(24)20(12-25-23)27(28)29)14-16-6-8-18(31-2)10-22(16)33-4/h5-12H,13-14H2,1-4H3,(H2,24,25). The van der Waals surface area contributed by atoms with Gasteiger partial charge in [-0.1, -0.05) is 0 Å². The van der Waals surface area contributed by atoms with Crippen LogP contribution in [0.5, 0.6) is 23.0 Å². The zero-order valence-corrected chi connectivity index (χ0v) is 18.9. The number of pyridine rings is 1. The molecule has 33 heavy (non-hydrogen) atoms. The van der Waals surface area contributed by atoms with E-state index in [0.717, 1.165) is 17.3 Å². The molecule has 0 bridgehead atoms. The van der Waals surface area contributed by atoms with Gasteiger partial charge in [-0.2, -0.15) is 0 Å². The highest BCUT2D eigenvalue weighted by atomic mass is 16.6. The molecule has 0 fully saturated rings. The zero-order chi connectivity index (χ0) is 24.0. The summed E-state index contributed by atoms with van der Waals surface area (Å²) in [6, 6.07) is 12.5. The Morgan fingerprint density at radius 3 is 1.79 bits per heavy atom. The highest BCUT2D eigenvalue weighted by Crippen LogP contribution is 2.32. The van der Waals surface area contributed by atoms with Crippen LogP contribution in [-0.4, -0.2) is 38.3 Å². The Labute approximate surface area is 191 Å². The first-order valence-corrected chi connectivity index (χ1v) is 9.96. The molecule has 10 heteroatoms. The number of rotatable bonds is 10. The second-order valence-corrected chi connectivity index (χ2v) is 7.07.